The highest BCUT2D eigenvalue weighted by atomic mass is 16.2. The van der Waals surface area contributed by atoms with Gasteiger partial charge in [-0.25, -0.2) is 0 Å². The fourth-order valence-electron chi connectivity index (χ4n) is 2.44. The smallest absolute Gasteiger partial charge is 0.237 e. The van der Waals surface area contributed by atoms with E-state index in [0.717, 1.165) is 45.1 Å². The van der Waals surface area contributed by atoms with Gasteiger partial charge >= 0.3 is 0 Å². The van der Waals surface area contributed by atoms with Gasteiger partial charge < -0.3 is 14.8 Å². The Morgan fingerprint density at radius 2 is 2.11 bits per heavy atom. The number of piperazine rings is 1. The summed E-state index contributed by atoms with van der Waals surface area (Å²) in [5, 5.41) is 11.2. The third-order valence-corrected chi connectivity index (χ3v) is 3.56. The van der Waals surface area contributed by atoms with Gasteiger partial charge in [-0.1, -0.05) is 0 Å². The van der Waals surface area contributed by atoms with Gasteiger partial charge in [-0.2, -0.15) is 0 Å². The molecule has 0 aromatic carbocycles. The third-order valence-electron chi connectivity index (χ3n) is 3.56. The maximum atomic E-state index is 12.2. The summed E-state index contributed by atoms with van der Waals surface area (Å²) in [5.74, 6) is 1.08. The molecule has 1 N–H and O–H groups in total. The molecule has 18 heavy (non-hydrogen) atoms. The number of carbonyl (C=O) groups excluding carboxylic acids is 1. The van der Waals surface area contributed by atoms with Crippen LogP contribution in [0.2, 0.25) is 0 Å². The van der Waals surface area contributed by atoms with E-state index >= 15 is 0 Å². The second-order valence-corrected chi connectivity index (χ2v) is 4.78. The lowest BCUT2D eigenvalue weighted by Crippen LogP contribution is -2.49. The molecule has 7 heteroatoms. The number of carbonyl (C=O) groups is 1. The average Bonchev–Trinajstić information content (AvgIpc) is 2.87. The van der Waals surface area contributed by atoms with Crippen molar-refractivity contribution in [3.63, 3.8) is 0 Å². The van der Waals surface area contributed by atoms with Crippen LogP contribution >= 0.6 is 0 Å². The molecule has 98 valence electrons. The Balaban J connectivity index is 1.57. The lowest BCUT2D eigenvalue weighted by Gasteiger charge is -2.31. The van der Waals surface area contributed by atoms with Gasteiger partial charge in [-0.05, 0) is 0 Å². The molecule has 0 atom stereocenters. The molecule has 0 spiro atoms. The number of hydrogen-bond acceptors (Lipinski definition) is 5. The Kier molecular flexibility index (Phi) is 3.24. The Hall–Kier alpha value is -1.47. The van der Waals surface area contributed by atoms with Crippen molar-refractivity contribution in [2.45, 2.75) is 13.1 Å². The summed E-state index contributed by atoms with van der Waals surface area (Å²) in [6.45, 7) is 6.53. The largest absolute Gasteiger partial charge is 0.332 e. The van der Waals surface area contributed by atoms with E-state index in [1.807, 2.05) is 9.47 Å². The van der Waals surface area contributed by atoms with Gasteiger partial charge in [0.1, 0.15) is 6.33 Å². The summed E-state index contributed by atoms with van der Waals surface area (Å²) in [6, 6.07) is 0. The molecule has 1 fully saturated rings. The highest BCUT2D eigenvalue weighted by molar-refractivity contribution is 5.78. The summed E-state index contributed by atoms with van der Waals surface area (Å²) in [4.78, 5) is 16.3. The van der Waals surface area contributed by atoms with Crippen LogP contribution in [-0.4, -0.2) is 69.7 Å². The molecule has 1 aromatic rings. The van der Waals surface area contributed by atoms with Gasteiger partial charge in [-0.15, -0.1) is 10.2 Å². The maximum Gasteiger partial charge on any atom is 0.237 e. The fraction of sp³-hybridized carbons (Fsp3) is 0.727. The maximum absolute atomic E-state index is 12.2. The molecule has 2 aliphatic rings. The van der Waals surface area contributed by atoms with E-state index in [9.17, 15) is 4.79 Å². The Morgan fingerprint density at radius 3 is 2.94 bits per heavy atom. The van der Waals surface area contributed by atoms with Crippen molar-refractivity contribution < 1.29 is 4.79 Å². The molecular weight excluding hydrogens is 232 g/mol. The van der Waals surface area contributed by atoms with Crippen LogP contribution in [0.15, 0.2) is 6.33 Å². The van der Waals surface area contributed by atoms with Crippen LogP contribution in [0.25, 0.3) is 0 Å². The predicted octanol–water partition coefficient (Wildman–Crippen LogP) is -1.47. The highest BCUT2D eigenvalue weighted by Gasteiger charge is 2.23. The fourth-order valence-corrected chi connectivity index (χ4v) is 2.44. The molecule has 1 amide bonds. The van der Waals surface area contributed by atoms with Gasteiger partial charge in [0.2, 0.25) is 5.91 Å². The summed E-state index contributed by atoms with van der Waals surface area (Å²) >= 11 is 0. The van der Waals surface area contributed by atoms with E-state index < -0.39 is 0 Å². The minimum absolute atomic E-state index is 0.200. The Labute approximate surface area is 106 Å². The number of rotatable bonds is 2. The van der Waals surface area contributed by atoms with Crippen molar-refractivity contribution >= 4 is 5.91 Å². The van der Waals surface area contributed by atoms with E-state index in [2.05, 4.69) is 20.4 Å². The third kappa shape index (κ3) is 2.37. The van der Waals surface area contributed by atoms with Crippen molar-refractivity contribution in [1.29, 1.82) is 0 Å². The first kappa shape index (κ1) is 11.6. The molecule has 0 aliphatic carbocycles. The van der Waals surface area contributed by atoms with Gasteiger partial charge in [0.15, 0.2) is 5.82 Å². The zero-order valence-corrected chi connectivity index (χ0v) is 10.4. The van der Waals surface area contributed by atoms with Crippen LogP contribution in [-0.2, 0) is 17.9 Å². The molecule has 1 saturated heterocycles. The predicted molar refractivity (Wildman–Crippen MR) is 64.7 cm³/mol. The zero-order chi connectivity index (χ0) is 12.4. The normalized spacial score (nSPS) is 20.8. The van der Waals surface area contributed by atoms with Crippen molar-refractivity contribution in [2.75, 3.05) is 39.3 Å². The summed E-state index contributed by atoms with van der Waals surface area (Å²) < 4.78 is 2.01. The molecule has 0 saturated carbocycles. The quantitative estimate of drug-likeness (QED) is 0.694. The lowest BCUT2D eigenvalue weighted by molar-refractivity contribution is -0.134. The molecule has 0 bridgehead atoms. The molecule has 1 aromatic heterocycles. The average molecular weight is 250 g/mol. The minimum Gasteiger partial charge on any atom is -0.332 e. The number of amides is 1. The molecular formula is C11H18N6O. The van der Waals surface area contributed by atoms with Crippen LogP contribution in [0.3, 0.4) is 0 Å². The van der Waals surface area contributed by atoms with Crippen molar-refractivity contribution in [3.8, 4) is 0 Å². The first-order valence-electron chi connectivity index (χ1n) is 6.40. The first-order chi connectivity index (χ1) is 8.83. The van der Waals surface area contributed by atoms with E-state index in [-0.39, 0.29) is 5.91 Å². The number of aromatic nitrogens is 3. The van der Waals surface area contributed by atoms with Crippen molar-refractivity contribution in [2.24, 2.45) is 0 Å². The molecule has 3 rings (SSSR count). The number of hydrogen-bond donors (Lipinski definition) is 1. The number of nitrogens with one attached hydrogen (secondary N) is 1. The summed E-state index contributed by atoms with van der Waals surface area (Å²) in [6.07, 6.45) is 1.73. The van der Waals surface area contributed by atoms with E-state index in [1.165, 1.54) is 0 Å². The van der Waals surface area contributed by atoms with E-state index in [1.54, 1.807) is 6.33 Å². The Bertz CT molecular complexity index is 425. The molecule has 7 nitrogen and oxygen atoms in total. The van der Waals surface area contributed by atoms with Crippen LogP contribution in [0.5, 0.6) is 0 Å². The highest BCUT2D eigenvalue weighted by Crippen LogP contribution is 2.09. The molecule has 2 aliphatic heterocycles. The second-order valence-electron chi connectivity index (χ2n) is 4.78. The van der Waals surface area contributed by atoms with Crippen LogP contribution in [0, 0.1) is 0 Å². The Morgan fingerprint density at radius 1 is 1.28 bits per heavy atom. The van der Waals surface area contributed by atoms with Gasteiger partial charge in [0.05, 0.1) is 13.1 Å². The van der Waals surface area contributed by atoms with E-state index in [0.29, 0.717) is 13.1 Å². The van der Waals surface area contributed by atoms with E-state index in [4.69, 9.17) is 0 Å². The van der Waals surface area contributed by atoms with Gasteiger partial charge in [0.25, 0.3) is 0 Å². The van der Waals surface area contributed by atoms with Crippen LogP contribution in [0.4, 0.5) is 0 Å². The number of fused-ring (bicyclic) bond motifs is 1. The van der Waals surface area contributed by atoms with Gasteiger partial charge in [-0.3, -0.25) is 9.69 Å². The van der Waals surface area contributed by atoms with Crippen molar-refractivity contribution in [1.82, 2.24) is 29.9 Å². The zero-order valence-electron chi connectivity index (χ0n) is 10.4. The standard InChI is InChI=1S/C11H18N6O/c18-11(8-15-3-1-12-2-4-15)16-5-6-17-9-13-14-10(17)7-16/h9,12H,1-8H2. The molecule has 0 unspecified atom stereocenters. The van der Waals surface area contributed by atoms with Crippen LogP contribution in [0.1, 0.15) is 5.82 Å². The molecule has 0 radical (unpaired) electrons. The number of nitrogens with zero attached hydrogens (tertiary/aromatic N) is 5. The topological polar surface area (TPSA) is 66.3 Å². The van der Waals surface area contributed by atoms with Crippen LogP contribution < -0.4 is 5.32 Å². The van der Waals surface area contributed by atoms with Crippen molar-refractivity contribution in [3.05, 3.63) is 12.2 Å². The monoisotopic (exact) mass is 250 g/mol. The first-order valence-corrected chi connectivity index (χ1v) is 6.40. The molecule has 3 heterocycles. The van der Waals surface area contributed by atoms with Gasteiger partial charge in [0, 0.05) is 39.3 Å². The summed E-state index contributed by atoms with van der Waals surface area (Å²) in [5.41, 5.74) is 0. The lowest BCUT2D eigenvalue weighted by atomic mass is 10.3. The summed E-state index contributed by atoms with van der Waals surface area (Å²) in [7, 11) is 0. The second kappa shape index (κ2) is 5.03. The SMILES string of the molecule is O=C(CN1CCNCC1)N1CCn2cnnc2C1. The minimum atomic E-state index is 0.200.